The molecule has 38 heavy (non-hydrogen) atoms. The van der Waals surface area contributed by atoms with Crippen molar-refractivity contribution in [2.45, 2.75) is 25.3 Å². The van der Waals surface area contributed by atoms with Gasteiger partial charge in [0.25, 0.3) is 10.0 Å². The predicted octanol–water partition coefficient (Wildman–Crippen LogP) is 4.15. The molecule has 0 bridgehead atoms. The van der Waals surface area contributed by atoms with Gasteiger partial charge >= 0.3 is 0 Å². The zero-order valence-electron chi connectivity index (χ0n) is 21.7. The lowest BCUT2D eigenvalue weighted by molar-refractivity contribution is -0.119. The van der Waals surface area contributed by atoms with E-state index in [0.29, 0.717) is 30.5 Å². The molecule has 0 heterocycles. The Morgan fingerprint density at radius 2 is 1.47 bits per heavy atom. The summed E-state index contributed by atoms with van der Waals surface area (Å²) in [6.45, 7) is 4.22. The molecule has 11 heteroatoms. The van der Waals surface area contributed by atoms with Gasteiger partial charge in [0, 0.05) is 12.6 Å². The molecule has 0 aliphatic carbocycles. The largest absolute Gasteiger partial charge is 0.493 e. The summed E-state index contributed by atoms with van der Waals surface area (Å²) >= 11 is 0. The maximum Gasteiger partial charge on any atom is 0.264 e. The maximum atomic E-state index is 13.6. The fraction of sp³-hybridized carbons (Fsp3) is 0.296. The van der Waals surface area contributed by atoms with E-state index in [1.165, 1.54) is 44.6 Å². The second-order valence-corrected chi connectivity index (χ2v) is 9.79. The minimum absolute atomic E-state index is 0.121. The van der Waals surface area contributed by atoms with E-state index < -0.39 is 28.3 Å². The lowest BCUT2D eigenvalue weighted by Gasteiger charge is -2.24. The van der Waals surface area contributed by atoms with Crippen molar-refractivity contribution < 1.29 is 36.6 Å². The second kappa shape index (κ2) is 13.0. The number of halogens is 1. The Labute approximate surface area is 222 Å². The van der Waals surface area contributed by atoms with Crippen LogP contribution in [-0.2, 0) is 21.4 Å². The summed E-state index contributed by atoms with van der Waals surface area (Å²) in [4.78, 5) is 12.8. The van der Waals surface area contributed by atoms with Crippen LogP contribution in [0, 0.1) is 5.82 Å². The van der Waals surface area contributed by atoms with Gasteiger partial charge in [0.1, 0.15) is 12.4 Å². The zero-order chi connectivity index (χ0) is 27.7. The highest BCUT2D eigenvalue weighted by atomic mass is 32.2. The van der Waals surface area contributed by atoms with Crippen molar-refractivity contribution in [2.24, 2.45) is 0 Å². The predicted molar refractivity (Wildman–Crippen MR) is 141 cm³/mol. The summed E-state index contributed by atoms with van der Waals surface area (Å²) in [5, 5.41) is 2.74. The SMILES string of the molecule is CCOc1ccc(CNC(=O)CN(c2ccc(F)cc2)S(=O)(=O)c2ccc(OC)c(OC)c2)cc1OCC. The van der Waals surface area contributed by atoms with Gasteiger partial charge in [-0.15, -0.1) is 0 Å². The van der Waals surface area contributed by atoms with Crippen molar-refractivity contribution in [2.75, 3.05) is 38.3 Å². The van der Waals surface area contributed by atoms with Gasteiger partial charge in [-0.3, -0.25) is 9.10 Å². The molecule has 1 N–H and O–H groups in total. The summed E-state index contributed by atoms with van der Waals surface area (Å²) in [7, 11) is -1.43. The molecular formula is C27H31FN2O7S. The third-order valence-electron chi connectivity index (χ3n) is 5.44. The van der Waals surface area contributed by atoms with Crippen molar-refractivity contribution in [3.05, 3.63) is 72.0 Å². The van der Waals surface area contributed by atoms with Gasteiger partial charge < -0.3 is 24.3 Å². The number of amides is 1. The average molecular weight is 547 g/mol. The zero-order valence-corrected chi connectivity index (χ0v) is 22.5. The summed E-state index contributed by atoms with van der Waals surface area (Å²) in [6.07, 6.45) is 0. The molecule has 0 spiro atoms. The van der Waals surface area contributed by atoms with E-state index in [0.717, 1.165) is 22.0 Å². The van der Waals surface area contributed by atoms with Crippen LogP contribution < -0.4 is 28.6 Å². The van der Waals surface area contributed by atoms with Gasteiger partial charge in [-0.05, 0) is 67.9 Å². The van der Waals surface area contributed by atoms with Crippen molar-refractivity contribution in [3.8, 4) is 23.0 Å². The molecule has 0 aliphatic rings. The Morgan fingerprint density at radius 3 is 2.11 bits per heavy atom. The molecule has 1 amide bonds. The highest BCUT2D eigenvalue weighted by Crippen LogP contribution is 2.32. The van der Waals surface area contributed by atoms with Gasteiger partial charge in [0.2, 0.25) is 5.91 Å². The standard InChI is InChI=1S/C27H31FN2O7S/c1-5-36-24-13-7-19(15-26(24)37-6-2)17-29-27(31)18-30(21-10-8-20(28)9-11-21)38(32,33)22-12-14-23(34-3)25(16-22)35-4/h7-16H,5-6,17-18H2,1-4H3,(H,29,31). The molecule has 0 aliphatic heterocycles. The first kappa shape index (κ1) is 28.6. The topological polar surface area (TPSA) is 103 Å². The van der Waals surface area contributed by atoms with Crippen molar-refractivity contribution in [3.63, 3.8) is 0 Å². The number of hydrogen-bond acceptors (Lipinski definition) is 7. The van der Waals surface area contributed by atoms with Crippen LogP contribution in [0.5, 0.6) is 23.0 Å². The number of benzene rings is 3. The quantitative estimate of drug-likeness (QED) is 0.344. The van der Waals surface area contributed by atoms with Gasteiger partial charge in [-0.2, -0.15) is 0 Å². The average Bonchev–Trinajstić information content (AvgIpc) is 2.92. The first-order valence-electron chi connectivity index (χ1n) is 11.9. The van der Waals surface area contributed by atoms with Gasteiger partial charge in [0.05, 0.1) is 38.0 Å². The van der Waals surface area contributed by atoms with Crippen LogP contribution in [0.4, 0.5) is 10.1 Å². The van der Waals surface area contributed by atoms with Gasteiger partial charge in [-0.25, -0.2) is 12.8 Å². The number of rotatable bonds is 13. The van der Waals surface area contributed by atoms with Gasteiger partial charge in [0.15, 0.2) is 23.0 Å². The molecule has 3 aromatic carbocycles. The van der Waals surface area contributed by atoms with Crippen LogP contribution in [0.1, 0.15) is 19.4 Å². The monoisotopic (exact) mass is 546 g/mol. The Morgan fingerprint density at radius 1 is 0.842 bits per heavy atom. The van der Waals surface area contributed by atoms with Crippen LogP contribution in [0.3, 0.4) is 0 Å². The Kier molecular flexibility index (Phi) is 9.78. The fourth-order valence-electron chi connectivity index (χ4n) is 3.62. The minimum Gasteiger partial charge on any atom is -0.493 e. The summed E-state index contributed by atoms with van der Waals surface area (Å²) in [6, 6.07) is 14.2. The minimum atomic E-state index is -4.25. The van der Waals surface area contributed by atoms with E-state index in [4.69, 9.17) is 18.9 Å². The normalized spacial score (nSPS) is 11.0. The molecule has 0 fully saturated rings. The molecule has 0 saturated carbocycles. The lowest BCUT2D eigenvalue weighted by Crippen LogP contribution is -2.40. The van der Waals surface area contributed by atoms with E-state index in [9.17, 15) is 17.6 Å². The molecule has 9 nitrogen and oxygen atoms in total. The molecule has 3 aromatic rings. The van der Waals surface area contributed by atoms with Crippen LogP contribution in [0.15, 0.2) is 65.6 Å². The highest BCUT2D eigenvalue weighted by molar-refractivity contribution is 7.92. The number of methoxy groups -OCH3 is 2. The third kappa shape index (κ3) is 6.86. The number of ether oxygens (including phenoxy) is 4. The molecule has 3 rings (SSSR count). The number of carbonyl (C=O) groups is 1. The van der Waals surface area contributed by atoms with E-state index in [-0.39, 0.29) is 22.9 Å². The van der Waals surface area contributed by atoms with Crippen LogP contribution in [0.25, 0.3) is 0 Å². The smallest absolute Gasteiger partial charge is 0.264 e. The first-order valence-corrected chi connectivity index (χ1v) is 13.3. The molecular weight excluding hydrogens is 515 g/mol. The van der Waals surface area contributed by atoms with Crippen molar-refractivity contribution in [1.82, 2.24) is 5.32 Å². The van der Waals surface area contributed by atoms with E-state index >= 15 is 0 Å². The number of hydrogen-bond donors (Lipinski definition) is 1. The summed E-state index contributed by atoms with van der Waals surface area (Å²) in [5.74, 6) is 0.586. The van der Waals surface area contributed by atoms with E-state index in [1.54, 1.807) is 18.2 Å². The first-order chi connectivity index (χ1) is 18.2. The van der Waals surface area contributed by atoms with Crippen molar-refractivity contribution in [1.29, 1.82) is 0 Å². The molecule has 204 valence electrons. The van der Waals surface area contributed by atoms with Crippen LogP contribution in [-0.4, -0.2) is 48.3 Å². The van der Waals surface area contributed by atoms with Crippen molar-refractivity contribution >= 4 is 21.6 Å². The summed E-state index contributed by atoms with van der Waals surface area (Å²) < 4.78 is 63.4. The fourth-order valence-corrected chi connectivity index (χ4v) is 5.06. The number of nitrogens with zero attached hydrogens (tertiary/aromatic N) is 1. The molecule has 0 unspecified atom stereocenters. The maximum absolute atomic E-state index is 13.6. The molecule has 0 aromatic heterocycles. The Hall–Kier alpha value is -3.99. The van der Waals surface area contributed by atoms with Gasteiger partial charge in [-0.1, -0.05) is 6.07 Å². The number of carbonyl (C=O) groups excluding carboxylic acids is 1. The third-order valence-corrected chi connectivity index (χ3v) is 7.21. The molecule has 0 saturated heterocycles. The molecule has 0 atom stereocenters. The Bertz CT molecular complexity index is 1350. The summed E-state index contributed by atoms with van der Waals surface area (Å²) in [5.41, 5.74) is 0.859. The highest BCUT2D eigenvalue weighted by Gasteiger charge is 2.28. The van der Waals surface area contributed by atoms with E-state index in [1.807, 2.05) is 13.8 Å². The number of nitrogens with one attached hydrogen (secondary N) is 1. The van der Waals surface area contributed by atoms with Crippen LogP contribution in [0.2, 0.25) is 0 Å². The Balaban J connectivity index is 1.86. The number of sulfonamides is 1. The van der Waals surface area contributed by atoms with Crippen LogP contribution >= 0.6 is 0 Å². The van der Waals surface area contributed by atoms with E-state index in [2.05, 4.69) is 5.32 Å². The lowest BCUT2D eigenvalue weighted by atomic mass is 10.2. The molecule has 0 radical (unpaired) electrons. The second-order valence-electron chi connectivity index (χ2n) is 7.93. The number of anilines is 1.